The lowest BCUT2D eigenvalue weighted by Crippen LogP contribution is -2.02. The van der Waals surface area contributed by atoms with Gasteiger partial charge in [-0.25, -0.2) is 4.79 Å². The summed E-state index contributed by atoms with van der Waals surface area (Å²) in [6.07, 6.45) is 0.902. The third-order valence-electron chi connectivity index (χ3n) is 1.48. The number of rotatable bonds is 2. The van der Waals surface area contributed by atoms with Crippen molar-refractivity contribution in [2.75, 3.05) is 0 Å². The summed E-state index contributed by atoms with van der Waals surface area (Å²) in [5.74, 6) is -1.31. The third-order valence-corrected chi connectivity index (χ3v) is 2.27. The fourth-order valence-electron chi connectivity index (χ4n) is 0.880. The van der Waals surface area contributed by atoms with Crippen LogP contribution in [-0.4, -0.2) is 24.1 Å². The fraction of sp³-hybridized carbons (Fsp3) is 0.167. The Labute approximate surface area is 73.6 Å². The molecular weight excluding hydrogens is 201 g/mol. The van der Waals surface area contributed by atoms with Crippen molar-refractivity contribution in [2.24, 2.45) is 7.05 Å². The summed E-state index contributed by atoms with van der Waals surface area (Å²) < 4.78 is 34.1. The van der Waals surface area contributed by atoms with Crippen molar-refractivity contribution < 1.29 is 22.2 Å². The minimum atomic E-state index is -4.82. The summed E-state index contributed by atoms with van der Waals surface area (Å²) in [5.41, 5.74) is -0.281. The molecule has 0 unspecified atom stereocenters. The molecule has 72 valence electrons. The van der Waals surface area contributed by atoms with Gasteiger partial charge in [0.2, 0.25) is 0 Å². The maximum Gasteiger partial charge on any atom is 0.352 e. The molecule has 0 spiro atoms. The fourth-order valence-corrected chi connectivity index (χ4v) is 1.42. The van der Waals surface area contributed by atoms with Crippen LogP contribution in [0.2, 0.25) is 0 Å². The van der Waals surface area contributed by atoms with Crippen LogP contribution in [0.25, 0.3) is 0 Å². The number of carboxylic acid groups (broad SMARTS) is 1. The molecule has 13 heavy (non-hydrogen) atoms. The monoisotopic (exact) mass is 207 g/mol. The molecule has 0 aliphatic heterocycles. The van der Waals surface area contributed by atoms with Crippen molar-refractivity contribution >= 4 is 16.2 Å². The van der Waals surface area contributed by atoms with E-state index < -0.39 is 21.1 Å². The zero-order chi connectivity index (χ0) is 10.2. The van der Waals surface area contributed by atoms with E-state index in [9.17, 15) is 17.1 Å². The Morgan fingerprint density at radius 2 is 2.15 bits per heavy atom. The molecule has 0 bridgehead atoms. The molecule has 0 saturated carbocycles. The van der Waals surface area contributed by atoms with E-state index in [1.165, 1.54) is 7.05 Å². The summed E-state index contributed by atoms with van der Waals surface area (Å²) in [5, 5.41) is 8.51. The minimum Gasteiger partial charge on any atom is -0.477 e. The highest BCUT2D eigenvalue weighted by atomic mass is 32.3. The van der Waals surface area contributed by atoms with Crippen molar-refractivity contribution in [3.63, 3.8) is 0 Å². The number of aryl methyl sites for hydroxylation is 1. The van der Waals surface area contributed by atoms with Crippen LogP contribution in [-0.2, 0) is 17.3 Å². The highest BCUT2D eigenvalue weighted by Gasteiger charge is 2.18. The average molecular weight is 207 g/mol. The van der Waals surface area contributed by atoms with Crippen molar-refractivity contribution in [3.8, 4) is 0 Å². The zero-order valence-corrected chi connectivity index (χ0v) is 7.38. The summed E-state index contributed by atoms with van der Waals surface area (Å²) in [4.78, 5) is 9.78. The van der Waals surface area contributed by atoms with Gasteiger partial charge in [0.1, 0.15) is 10.6 Å². The van der Waals surface area contributed by atoms with Crippen LogP contribution in [0.4, 0.5) is 3.89 Å². The van der Waals surface area contributed by atoms with Crippen molar-refractivity contribution in [2.45, 2.75) is 4.90 Å². The van der Waals surface area contributed by atoms with Crippen LogP contribution in [0.3, 0.4) is 0 Å². The Bertz CT molecular complexity index is 447. The van der Waals surface area contributed by atoms with E-state index in [1.807, 2.05) is 0 Å². The molecule has 7 heteroatoms. The Balaban J connectivity index is 3.33. The van der Waals surface area contributed by atoms with Gasteiger partial charge in [-0.3, -0.25) is 0 Å². The highest BCUT2D eigenvalue weighted by molar-refractivity contribution is 7.86. The molecule has 5 nitrogen and oxygen atoms in total. The topological polar surface area (TPSA) is 76.4 Å². The first-order valence-corrected chi connectivity index (χ1v) is 4.55. The van der Waals surface area contributed by atoms with E-state index in [4.69, 9.17) is 5.11 Å². The van der Waals surface area contributed by atoms with E-state index >= 15 is 0 Å². The molecule has 0 saturated heterocycles. The summed E-state index contributed by atoms with van der Waals surface area (Å²) in [6, 6.07) is 0.762. The highest BCUT2D eigenvalue weighted by Crippen LogP contribution is 2.15. The smallest absolute Gasteiger partial charge is 0.352 e. The molecule has 1 rings (SSSR count). The first kappa shape index (κ1) is 9.72. The molecule has 0 atom stereocenters. The van der Waals surface area contributed by atoms with Crippen molar-refractivity contribution in [3.05, 3.63) is 18.0 Å². The first-order chi connectivity index (χ1) is 5.82. The lowest BCUT2D eigenvalue weighted by atomic mass is 10.4. The minimum absolute atomic E-state index is 0.281. The van der Waals surface area contributed by atoms with Crippen molar-refractivity contribution in [1.82, 2.24) is 4.57 Å². The Morgan fingerprint density at radius 1 is 1.62 bits per heavy atom. The maximum absolute atomic E-state index is 12.3. The number of hydrogen-bond acceptors (Lipinski definition) is 3. The second-order valence-corrected chi connectivity index (χ2v) is 3.76. The summed E-state index contributed by atoms with van der Waals surface area (Å²) in [6.45, 7) is 0. The lowest BCUT2D eigenvalue weighted by molar-refractivity contribution is 0.0686. The number of aromatic nitrogens is 1. The maximum atomic E-state index is 12.3. The number of aromatic carboxylic acids is 1. The zero-order valence-electron chi connectivity index (χ0n) is 6.56. The van der Waals surface area contributed by atoms with Crippen LogP contribution < -0.4 is 0 Å². The van der Waals surface area contributed by atoms with E-state index in [0.29, 0.717) is 0 Å². The SMILES string of the molecule is Cn1cc(S(=O)(=O)F)cc1C(=O)O. The molecule has 0 aromatic carbocycles. The number of carbonyl (C=O) groups is 1. The molecule has 0 aliphatic rings. The first-order valence-electron chi connectivity index (χ1n) is 3.16. The Kier molecular flexibility index (Phi) is 2.12. The second-order valence-electron chi connectivity index (χ2n) is 2.41. The van der Waals surface area contributed by atoms with Crippen LogP contribution in [0.5, 0.6) is 0 Å². The molecule has 0 aliphatic carbocycles. The lowest BCUT2D eigenvalue weighted by Gasteiger charge is -1.92. The van der Waals surface area contributed by atoms with Gasteiger partial charge in [0, 0.05) is 13.2 Å². The Hall–Kier alpha value is -1.37. The van der Waals surface area contributed by atoms with E-state index in [-0.39, 0.29) is 5.69 Å². The van der Waals surface area contributed by atoms with Gasteiger partial charge in [0.25, 0.3) is 0 Å². The summed E-state index contributed by atoms with van der Waals surface area (Å²) in [7, 11) is -3.50. The van der Waals surface area contributed by atoms with Crippen molar-refractivity contribution in [1.29, 1.82) is 0 Å². The molecule has 0 amide bonds. The average Bonchev–Trinajstić information content (AvgIpc) is 2.29. The van der Waals surface area contributed by atoms with E-state index in [2.05, 4.69) is 0 Å². The molecule has 1 heterocycles. The van der Waals surface area contributed by atoms with E-state index in [0.717, 1.165) is 16.8 Å². The standard InChI is InChI=1S/C6H6FNO4S/c1-8-3-4(13(7,11)12)2-5(8)6(9)10/h2-3H,1H3,(H,9,10). The quantitative estimate of drug-likeness (QED) is 0.711. The number of halogens is 1. The van der Waals surface area contributed by atoms with Gasteiger partial charge in [-0.2, -0.15) is 8.42 Å². The van der Waals surface area contributed by atoms with Gasteiger partial charge in [-0.05, 0) is 6.07 Å². The van der Waals surface area contributed by atoms with Gasteiger partial charge in [-0.1, -0.05) is 0 Å². The van der Waals surface area contributed by atoms with Crippen LogP contribution in [0.1, 0.15) is 10.5 Å². The summed E-state index contributed by atoms with van der Waals surface area (Å²) >= 11 is 0. The van der Waals surface area contributed by atoms with Gasteiger partial charge in [0.15, 0.2) is 0 Å². The number of nitrogens with zero attached hydrogens (tertiary/aromatic N) is 1. The predicted molar refractivity (Wildman–Crippen MR) is 40.7 cm³/mol. The molecule has 1 aromatic heterocycles. The molecule has 0 fully saturated rings. The molecule has 1 N–H and O–H groups in total. The van der Waals surface area contributed by atoms with Gasteiger partial charge in [-0.15, -0.1) is 3.89 Å². The predicted octanol–water partition coefficient (Wildman–Crippen LogP) is 0.382. The number of carboxylic acids is 1. The van der Waals surface area contributed by atoms with E-state index in [1.54, 1.807) is 0 Å². The molecule has 0 radical (unpaired) electrons. The molecule has 1 aromatic rings. The van der Waals surface area contributed by atoms with Crippen LogP contribution >= 0.6 is 0 Å². The van der Waals surface area contributed by atoms with Gasteiger partial charge < -0.3 is 9.67 Å². The van der Waals surface area contributed by atoms with Gasteiger partial charge in [0.05, 0.1) is 0 Å². The Morgan fingerprint density at radius 3 is 2.38 bits per heavy atom. The third kappa shape index (κ3) is 1.86. The molecular formula is C6H6FNO4S. The second kappa shape index (κ2) is 2.84. The van der Waals surface area contributed by atoms with Crippen LogP contribution in [0, 0.1) is 0 Å². The normalized spacial score (nSPS) is 11.5. The largest absolute Gasteiger partial charge is 0.477 e. The number of hydrogen-bond donors (Lipinski definition) is 1. The van der Waals surface area contributed by atoms with Gasteiger partial charge >= 0.3 is 16.2 Å². The van der Waals surface area contributed by atoms with Crippen LogP contribution in [0.15, 0.2) is 17.2 Å².